The summed E-state index contributed by atoms with van der Waals surface area (Å²) >= 11 is 5.95. The SMILES string of the molecule is Cc1ccc(-c2nc(NCc3ccc(Cl)cc3)n(S(=O)(=O)c3ccc(C)cc3)n2)cc1. The van der Waals surface area contributed by atoms with Crippen LogP contribution >= 0.6 is 11.6 Å². The van der Waals surface area contributed by atoms with Crippen LogP contribution in [0.2, 0.25) is 5.02 Å². The van der Waals surface area contributed by atoms with Gasteiger partial charge in [0.25, 0.3) is 10.0 Å². The Morgan fingerprint density at radius 1 is 0.871 bits per heavy atom. The number of anilines is 1. The Morgan fingerprint density at radius 2 is 1.45 bits per heavy atom. The molecule has 0 saturated heterocycles. The standard InChI is InChI=1S/C23H21ClN4O2S/c1-16-3-9-19(10-4-16)22-26-23(25-15-18-7-11-20(24)12-8-18)28(27-22)31(29,30)21-13-5-17(2)6-14-21/h3-14H,15H2,1-2H3,(H,25,26,27). The highest BCUT2D eigenvalue weighted by Crippen LogP contribution is 2.23. The molecule has 31 heavy (non-hydrogen) atoms. The van der Waals surface area contributed by atoms with Crippen molar-refractivity contribution in [3.8, 4) is 11.4 Å². The van der Waals surface area contributed by atoms with E-state index in [0.29, 0.717) is 17.4 Å². The zero-order chi connectivity index (χ0) is 22.0. The summed E-state index contributed by atoms with van der Waals surface area (Å²) in [4.78, 5) is 4.63. The Balaban J connectivity index is 1.74. The number of hydrogen-bond donors (Lipinski definition) is 1. The largest absolute Gasteiger partial charge is 0.349 e. The van der Waals surface area contributed by atoms with E-state index >= 15 is 0 Å². The molecule has 158 valence electrons. The minimum atomic E-state index is -3.93. The van der Waals surface area contributed by atoms with Gasteiger partial charge in [-0.15, -0.1) is 9.19 Å². The molecular weight excluding hydrogens is 432 g/mol. The summed E-state index contributed by atoms with van der Waals surface area (Å²) in [6.45, 7) is 4.25. The fourth-order valence-electron chi connectivity index (χ4n) is 2.99. The number of aryl methyl sites for hydroxylation is 2. The number of aromatic nitrogens is 3. The second kappa shape index (κ2) is 8.53. The average molecular weight is 453 g/mol. The minimum absolute atomic E-state index is 0.145. The average Bonchev–Trinajstić information content (AvgIpc) is 3.19. The van der Waals surface area contributed by atoms with Gasteiger partial charge in [-0.3, -0.25) is 0 Å². The van der Waals surface area contributed by atoms with E-state index in [1.165, 1.54) is 0 Å². The molecule has 1 aromatic heterocycles. The third kappa shape index (κ3) is 4.62. The van der Waals surface area contributed by atoms with Crippen LogP contribution in [0.15, 0.2) is 77.7 Å². The van der Waals surface area contributed by atoms with Crippen molar-refractivity contribution in [1.82, 2.24) is 14.2 Å². The van der Waals surface area contributed by atoms with Crippen molar-refractivity contribution in [3.63, 3.8) is 0 Å². The molecule has 4 rings (SSSR count). The lowest BCUT2D eigenvalue weighted by atomic mass is 10.1. The van der Waals surface area contributed by atoms with Gasteiger partial charge in [0.1, 0.15) is 0 Å². The van der Waals surface area contributed by atoms with E-state index in [0.717, 1.165) is 26.3 Å². The fraction of sp³-hybridized carbons (Fsp3) is 0.130. The van der Waals surface area contributed by atoms with Gasteiger partial charge in [0.2, 0.25) is 5.95 Å². The zero-order valence-corrected chi connectivity index (χ0v) is 18.7. The molecule has 0 aliphatic carbocycles. The van der Waals surface area contributed by atoms with Gasteiger partial charge in [0.15, 0.2) is 5.82 Å². The number of hydrogen-bond acceptors (Lipinski definition) is 5. The van der Waals surface area contributed by atoms with Crippen molar-refractivity contribution < 1.29 is 8.42 Å². The van der Waals surface area contributed by atoms with E-state index < -0.39 is 10.0 Å². The first kappa shape index (κ1) is 21.1. The summed E-state index contributed by atoms with van der Waals surface area (Å²) in [6, 6.07) is 21.6. The smallest absolute Gasteiger partial charge is 0.286 e. The molecule has 0 amide bonds. The van der Waals surface area contributed by atoms with Crippen LogP contribution in [0.4, 0.5) is 5.95 Å². The van der Waals surface area contributed by atoms with E-state index in [2.05, 4.69) is 15.4 Å². The summed E-state index contributed by atoms with van der Waals surface area (Å²) in [7, 11) is -3.93. The van der Waals surface area contributed by atoms with Crippen LogP contribution in [0.1, 0.15) is 16.7 Å². The van der Waals surface area contributed by atoms with Gasteiger partial charge >= 0.3 is 0 Å². The predicted octanol–water partition coefficient (Wildman–Crippen LogP) is 5.06. The number of halogens is 1. The number of rotatable bonds is 6. The maximum absolute atomic E-state index is 13.3. The van der Waals surface area contributed by atoms with E-state index in [1.54, 1.807) is 36.4 Å². The summed E-state index contributed by atoms with van der Waals surface area (Å²) in [5, 5.41) is 8.08. The molecular formula is C23H21ClN4O2S. The highest BCUT2D eigenvalue weighted by molar-refractivity contribution is 7.90. The summed E-state index contributed by atoms with van der Waals surface area (Å²) in [6.07, 6.45) is 0. The second-order valence-electron chi connectivity index (χ2n) is 7.27. The highest BCUT2D eigenvalue weighted by atomic mass is 35.5. The third-order valence-electron chi connectivity index (χ3n) is 4.80. The van der Waals surface area contributed by atoms with Crippen molar-refractivity contribution >= 4 is 27.6 Å². The lowest BCUT2D eigenvalue weighted by molar-refractivity contribution is 0.580. The third-order valence-corrected chi connectivity index (χ3v) is 6.63. The van der Waals surface area contributed by atoms with Crippen LogP contribution in [0.5, 0.6) is 0 Å². The van der Waals surface area contributed by atoms with Crippen LogP contribution < -0.4 is 5.32 Å². The van der Waals surface area contributed by atoms with Crippen molar-refractivity contribution in [1.29, 1.82) is 0 Å². The Labute approximate surface area is 186 Å². The molecule has 0 saturated carbocycles. The molecule has 0 radical (unpaired) electrons. The van der Waals surface area contributed by atoms with E-state index in [9.17, 15) is 8.42 Å². The molecule has 0 spiro atoms. The minimum Gasteiger partial charge on any atom is -0.349 e. The van der Waals surface area contributed by atoms with Crippen LogP contribution in [0, 0.1) is 13.8 Å². The Kier molecular flexibility index (Phi) is 5.80. The van der Waals surface area contributed by atoms with Crippen molar-refractivity contribution in [2.45, 2.75) is 25.3 Å². The molecule has 0 bridgehead atoms. The highest BCUT2D eigenvalue weighted by Gasteiger charge is 2.24. The second-order valence-corrected chi connectivity index (χ2v) is 9.47. The molecule has 0 fully saturated rings. The van der Waals surface area contributed by atoms with Crippen LogP contribution in [-0.4, -0.2) is 22.6 Å². The van der Waals surface area contributed by atoms with E-state index in [4.69, 9.17) is 11.6 Å². The summed E-state index contributed by atoms with van der Waals surface area (Å²) in [5.41, 5.74) is 3.73. The van der Waals surface area contributed by atoms with Crippen LogP contribution in [0.25, 0.3) is 11.4 Å². The quantitative estimate of drug-likeness (QED) is 0.442. The molecule has 0 aliphatic rings. The maximum Gasteiger partial charge on any atom is 0.286 e. The van der Waals surface area contributed by atoms with Crippen LogP contribution in [-0.2, 0) is 16.6 Å². The Hall–Kier alpha value is -3.16. The topological polar surface area (TPSA) is 76.9 Å². The summed E-state index contributed by atoms with van der Waals surface area (Å²) < 4.78 is 27.6. The van der Waals surface area contributed by atoms with Crippen molar-refractivity contribution in [3.05, 3.63) is 94.5 Å². The van der Waals surface area contributed by atoms with Gasteiger partial charge in [-0.2, -0.15) is 13.4 Å². The first-order valence-corrected chi connectivity index (χ1v) is 11.5. The van der Waals surface area contributed by atoms with Crippen LogP contribution in [0.3, 0.4) is 0 Å². The number of nitrogens with zero attached hydrogens (tertiary/aromatic N) is 3. The maximum atomic E-state index is 13.3. The van der Waals surface area contributed by atoms with E-state index in [1.807, 2.05) is 50.2 Å². The zero-order valence-electron chi connectivity index (χ0n) is 17.1. The molecule has 0 unspecified atom stereocenters. The molecule has 1 N–H and O–H groups in total. The molecule has 0 aliphatic heterocycles. The van der Waals surface area contributed by atoms with Gasteiger partial charge in [-0.25, -0.2) is 0 Å². The summed E-state index contributed by atoms with van der Waals surface area (Å²) in [5.74, 6) is 0.473. The van der Waals surface area contributed by atoms with Gasteiger partial charge in [-0.1, -0.05) is 71.3 Å². The number of benzene rings is 3. The normalized spacial score (nSPS) is 11.5. The first-order chi connectivity index (χ1) is 14.8. The lowest BCUT2D eigenvalue weighted by Crippen LogP contribution is -2.18. The first-order valence-electron chi connectivity index (χ1n) is 9.67. The van der Waals surface area contributed by atoms with Crippen molar-refractivity contribution in [2.75, 3.05) is 5.32 Å². The Morgan fingerprint density at radius 3 is 2.06 bits per heavy atom. The van der Waals surface area contributed by atoms with E-state index in [-0.39, 0.29) is 10.8 Å². The molecule has 6 nitrogen and oxygen atoms in total. The molecule has 3 aromatic carbocycles. The van der Waals surface area contributed by atoms with Crippen molar-refractivity contribution in [2.24, 2.45) is 0 Å². The monoisotopic (exact) mass is 452 g/mol. The number of nitrogens with one attached hydrogen (secondary N) is 1. The van der Waals surface area contributed by atoms with Gasteiger partial charge in [-0.05, 0) is 43.7 Å². The predicted molar refractivity (Wildman–Crippen MR) is 123 cm³/mol. The van der Waals surface area contributed by atoms with Gasteiger partial charge in [0.05, 0.1) is 4.90 Å². The lowest BCUT2D eigenvalue weighted by Gasteiger charge is -2.09. The molecule has 1 heterocycles. The molecule has 8 heteroatoms. The fourth-order valence-corrected chi connectivity index (χ4v) is 4.32. The molecule has 4 aromatic rings. The van der Waals surface area contributed by atoms with Gasteiger partial charge in [0, 0.05) is 17.1 Å². The van der Waals surface area contributed by atoms with Gasteiger partial charge < -0.3 is 5.32 Å². The molecule has 0 atom stereocenters. The Bertz CT molecular complexity index is 1300.